The van der Waals surface area contributed by atoms with Crippen LogP contribution in [0.3, 0.4) is 0 Å². The van der Waals surface area contributed by atoms with E-state index in [0.29, 0.717) is 0 Å². The Morgan fingerprint density at radius 1 is 1.29 bits per heavy atom. The minimum Gasteiger partial charge on any atom is -0.377 e. The van der Waals surface area contributed by atoms with Gasteiger partial charge in [0.15, 0.2) is 0 Å². The molecule has 0 fully saturated rings. The van der Waals surface area contributed by atoms with E-state index in [0.717, 1.165) is 21.5 Å². The number of aromatic nitrogens is 2. The molecule has 2 aromatic heterocycles. The van der Waals surface area contributed by atoms with Crippen molar-refractivity contribution in [1.82, 2.24) is 9.97 Å². The summed E-state index contributed by atoms with van der Waals surface area (Å²) in [4.78, 5) is 8.48. The lowest BCUT2D eigenvalue weighted by Gasteiger charge is -2.16. The molecular formula is C13H14BrN3. The first kappa shape index (κ1) is 12.0. The predicted octanol–water partition coefficient (Wildman–Crippen LogP) is 3.72. The maximum atomic E-state index is 4.36. The van der Waals surface area contributed by atoms with E-state index in [1.165, 1.54) is 0 Å². The van der Waals surface area contributed by atoms with E-state index in [4.69, 9.17) is 0 Å². The Labute approximate surface area is 109 Å². The Hall–Kier alpha value is -1.42. The minimum atomic E-state index is 0.213. The molecule has 2 aromatic rings. The molecule has 2 heterocycles. The van der Waals surface area contributed by atoms with Crippen molar-refractivity contribution in [3.05, 3.63) is 52.5 Å². The van der Waals surface area contributed by atoms with Crippen molar-refractivity contribution in [2.75, 3.05) is 5.32 Å². The lowest BCUT2D eigenvalue weighted by Crippen LogP contribution is -2.08. The molecule has 0 amide bonds. The molecular weight excluding hydrogens is 278 g/mol. The third-order valence-electron chi connectivity index (χ3n) is 2.61. The Morgan fingerprint density at radius 3 is 2.76 bits per heavy atom. The van der Waals surface area contributed by atoms with Gasteiger partial charge in [-0.2, -0.15) is 0 Å². The molecule has 0 aromatic carbocycles. The van der Waals surface area contributed by atoms with Gasteiger partial charge in [-0.3, -0.25) is 4.98 Å². The fourth-order valence-corrected chi connectivity index (χ4v) is 2.03. The van der Waals surface area contributed by atoms with Crippen LogP contribution in [0.25, 0.3) is 0 Å². The Kier molecular flexibility index (Phi) is 3.74. The summed E-state index contributed by atoms with van der Waals surface area (Å²) in [5, 5.41) is 3.43. The van der Waals surface area contributed by atoms with Crippen LogP contribution >= 0.6 is 15.9 Å². The summed E-state index contributed by atoms with van der Waals surface area (Å²) in [7, 11) is 0. The second kappa shape index (κ2) is 5.27. The van der Waals surface area contributed by atoms with Crippen LogP contribution in [0.2, 0.25) is 0 Å². The van der Waals surface area contributed by atoms with Gasteiger partial charge in [0.05, 0.1) is 17.4 Å². The molecule has 0 spiro atoms. The molecule has 0 aliphatic rings. The van der Waals surface area contributed by atoms with Crippen LogP contribution in [-0.2, 0) is 0 Å². The van der Waals surface area contributed by atoms with Crippen molar-refractivity contribution < 1.29 is 0 Å². The molecule has 3 nitrogen and oxygen atoms in total. The molecule has 0 aliphatic carbocycles. The van der Waals surface area contributed by atoms with Gasteiger partial charge in [-0.15, -0.1) is 0 Å². The van der Waals surface area contributed by atoms with Crippen LogP contribution in [0.4, 0.5) is 5.69 Å². The van der Waals surface area contributed by atoms with Crippen LogP contribution in [0.5, 0.6) is 0 Å². The number of halogens is 1. The van der Waals surface area contributed by atoms with Gasteiger partial charge < -0.3 is 5.32 Å². The zero-order valence-electron chi connectivity index (χ0n) is 9.81. The topological polar surface area (TPSA) is 37.8 Å². The molecule has 0 aliphatic heterocycles. The van der Waals surface area contributed by atoms with E-state index in [-0.39, 0.29) is 6.04 Å². The highest BCUT2D eigenvalue weighted by molar-refractivity contribution is 9.10. The summed E-state index contributed by atoms with van der Waals surface area (Å²) < 4.78 is 0.856. The van der Waals surface area contributed by atoms with E-state index in [2.05, 4.69) is 44.2 Å². The summed E-state index contributed by atoms with van der Waals surface area (Å²) >= 11 is 3.36. The lowest BCUT2D eigenvalue weighted by molar-refractivity contribution is 0.870. The van der Waals surface area contributed by atoms with E-state index >= 15 is 0 Å². The van der Waals surface area contributed by atoms with Gasteiger partial charge in [0.25, 0.3) is 0 Å². The number of nitrogens with one attached hydrogen (secondary N) is 1. The number of rotatable bonds is 3. The Bertz CT molecular complexity index is 499. The summed E-state index contributed by atoms with van der Waals surface area (Å²) in [6.45, 7) is 4.10. The third-order valence-corrected chi connectivity index (χ3v) is 3.05. The molecule has 4 heteroatoms. The second-order valence-corrected chi connectivity index (χ2v) is 4.73. The molecule has 0 radical (unpaired) electrons. The summed E-state index contributed by atoms with van der Waals surface area (Å²) in [5.41, 5.74) is 3.19. The van der Waals surface area contributed by atoms with Crippen LogP contribution in [-0.4, -0.2) is 9.97 Å². The van der Waals surface area contributed by atoms with Crippen molar-refractivity contribution in [2.24, 2.45) is 0 Å². The number of hydrogen-bond donors (Lipinski definition) is 1. The largest absolute Gasteiger partial charge is 0.377 e. The van der Waals surface area contributed by atoms with Gasteiger partial charge in [-0.05, 0) is 53.5 Å². The molecule has 1 atom stereocenters. The maximum absolute atomic E-state index is 4.36. The Balaban J connectivity index is 2.16. The first-order valence-electron chi connectivity index (χ1n) is 5.46. The maximum Gasteiger partial charge on any atom is 0.106 e. The number of anilines is 1. The van der Waals surface area contributed by atoms with Gasteiger partial charge in [-0.1, -0.05) is 6.07 Å². The van der Waals surface area contributed by atoms with E-state index in [1.54, 1.807) is 6.20 Å². The molecule has 0 saturated heterocycles. The van der Waals surface area contributed by atoms with Crippen LogP contribution < -0.4 is 5.32 Å². The fourth-order valence-electron chi connectivity index (χ4n) is 1.63. The molecule has 0 bridgehead atoms. The van der Waals surface area contributed by atoms with Crippen molar-refractivity contribution in [3.63, 3.8) is 0 Å². The van der Waals surface area contributed by atoms with Crippen LogP contribution in [0, 0.1) is 6.92 Å². The first-order valence-corrected chi connectivity index (χ1v) is 6.25. The summed E-state index contributed by atoms with van der Waals surface area (Å²) in [6, 6.07) is 8.18. The molecule has 17 heavy (non-hydrogen) atoms. The molecule has 88 valence electrons. The van der Waals surface area contributed by atoms with E-state index in [9.17, 15) is 0 Å². The molecule has 0 saturated carbocycles. The van der Waals surface area contributed by atoms with Gasteiger partial charge >= 0.3 is 0 Å². The SMILES string of the molecule is Cc1nc(Br)ccc1NC(C)c1cccnc1. The zero-order valence-corrected chi connectivity index (χ0v) is 11.4. The van der Waals surface area contributed by atoms with Crippen LogP contribution in [0.1, 0.15) is 24.2 Å². The second-order valence-electron chi connectivity index (χ2n) is 3.92. The third kappa shape index (κ3) is 3.03. The lowest BCUT2D eigenvalue weighted by atomic mass is 10.1. The van der Waals surface area contributed by atoms with Crippen molar-refractivity contribution in [1.29, 1.82) is 0 Å². The first-order chi connectivity index (χ1) is 8.16. The van der Waals surface area contributed by atoms with Crippen molar-refractivity contribution in [3.8, 4) is 0 Å². The average Bonchev–Trinajstić information content (AvgIpc) is 2.34. The van der Waals surface area contributed by atoms with Gasteiger partial charge in [0.1, 0.15) is 4.60 Å². The van der Waals surface area contributed by atoms with Crippen molar-refractivity contribution >= 4 is 21.6 Å². The highest BCUT2D eigenvalue weighted by atomic mass is 79.9. The van der Waals surface area contributed by atoms with Gasteiger partial charge in [0, 0.05) is 12.4 Å². The van der Waals surface area contributed by atoms with E-state index in [1.807, 2.05) is 31.3 Å². The monoisotopic (exact) mass is 291 g/mol. The van der Waals surface area contributed by atoms with Gasteiger partial charge in [0.2, 0.25) is 0 Å². The highest BCUT2D eigenvalue weighted by Crippen LogP contribution is 2.21. The average molecular weight is 292 g/mol. The normalized spacial score (nSPS) is 12.2. The quantitative estimate of drug-likeness (QED) is 0.876. The standard InChI is InChI=1S/C13H14BrN3/c1-9(11-4-3-7-15-8-11)16-12-5-6-13(14)17-10(12)2/h3-9,16H,1-2H3. The molecule has 1 N–H and O–H groups in total. The molecule has 1 unspecified atom stereocenters. The Morgan fingerprint density at radius 2 is 2.12 bits per heavy atom. The zero-order chi connectivity index (χ0) is 12.3. The van der Waals surface area contributed by atoms with Crippen molar-refractivity contribution in [2.45, 2.75) is 19.9 Å². The molecule has 2 rings (SSSR count). The predicted molar refractivity (Wildman–Crippen MR) is 72.9 cm³/mol. The van der Waals surface area contributed by atoms with Gasteiger partial charge in [-0.25, -0.2) is 4.98 Å². The number of pyridine rings is 2. The number of hydrogen-bond acceptors (Lipinski definition) is 3. The minimum absolute atomic E-state index is 0.213. The number of nitrogens with zero attached hydrogens (tertiary/aromatic N) is 2. The summed E-state index contributed by atoms with van der Waals surface area (Å²) in [6.07, 6.45) is 3.65. The highest BCUT2D eigenvalue weighted by Gasteiger charge is 2.07. The number of aryl methyl sites for hydroxylation is 1. The van der Waals surface area contributed by atoms with E-state index < -0.39 is 0 Å². The fraction of sp³-hybridized carbons (Fsp3) is 0.231. The van der Waals surface area contributed by atoms with Crippen LogP contribution in [0.15, 0.2) is 41.3 Å². The summed E-state index contributed by atoms with van der Waals surface area (Å²) in [5.74, 6) is 0. The smallest absolute Gasteiger partial charge is 0.106 e.